The number of rotatable bonds is 7. The summed E-state index contributed by atoms with van der Waals surface area (Å²) in [4.78, 5) is 2.42. The van der Waals surface area contributed by atoms with Crippen molar-refractivity contribution in [1.82, 2.24) is 4.90 Å². The Balaban J connectivity index is 2.94. The number of furan rings is 1. The third kappa shape index (κ3) is 5.21. The molecule has 19 heavy (non-hydrogen) atoms. The summed E-state index contributed by atoms with van der Waals surface area (Å²) in [6.07, 6.45) is 0. The molecule has 0 aliphatic heterocycles. The number of nitrogens with zero attached hydrogens (tertiary/aromatic N) is 1. The van der Waals surface area contributed by atoms with E-state index in [0.29, 0.717) is 18.4 Å². The maximum absolute atomic E-state index is 5.98. The van der Waals surface area contributed by atoms with Crippen LogP contribution in [0, 0.1) is 11.8 Å². The SMILES string of the molecule is CC(C)CN(CC(C)C)C(CN)c1cc(Br)c(Br)o1. The quantitative estimate of drug-likeness (QED) is 0.742. The molecule has 0 amide bonds. The fourth-order valence-corrected chi connectivity index (χ4v) is 2.85. The standard InChI is InChI=1S/C14H24Br2N2O/c1-9(2)7-18(8-10(3)4)12(6-17)13-5-11(15)14(16)19-13/h5,9-10,12H,6-8,17H2,1-4H3. The summed E-state index contributed by atoms with van der Waals surface area (Å²) in [5, 5.41) is 0. The largest absolute Gasteiger partial charge is 0.451 e. The lowest BCUT2D eigenvalue weighted by Gasteiger charge is -2.32. The van der Waals surface area contributed by atoms with Crippen LogP contribution in [0.4, 0.5) is 0 Å². The molecule has 1 rings (SSSR count). The molecule has 0 saturated heterocycles. The second-order valence-electron chi connectivity index (χ2n) is 5.76. The first kappa shape index (κ1) is 17.2. The average molecular weight is 396 g/mol. The first-order valence-corrected chi connectivity index (χ1v) is 8.32. The fraction of sp³-hybridized carbons (Fsp3) is 0.714. The van der Waals surface area contributed by atoms with Crippen molar-refractivity contribution in [3.8, 4) is 0 Å². The van der Waals surface area contributed by atoms with Gasteiger partial charge in [-0.05, 0) is 49.8 Å². The van der Waals surface area contributed by atoms with Crippen molar-refractivity contribution in [2.75, 3.05) is 19.6 Å². The van der Waals surface area contributed by atoms with Gasteiger partial charge in [0.2, 0.25) is 0 Å². The molecule has 0 spiro atoms. The Morgan fingerprint density at radius 3 is 2.00 bits per heavy atom. The van der Waals surface area contributed by atoms with Gasteiger partial charge in [-0.3, -0.25) is 4.90 Å². The maximum Gasteiger partial charge on any atom is 0.183 e. The van der Waals surface area contributed by atoms with Crippen molar-refractivity contribution in [2.24, 2.45) is 17.6 Å². The van der Waals surface area contributed by atoms with Crippen LogP contribution in [0.25, 0.3) is 0 Å². The smallest absolute Gasteiger partial charge is 0.183 e. The second-order valence-corrected chi connectivity index (χ2v) is 7.34. The van der Waals surface area contributed by atoms with Crippen molar-refractivity contribution >= 4 is 31.9 Å². The minimum Gasteiger partial charge on any atom is -0.451 e. The van der Waals surface area contributed by atoms with Crippen LogP contribution in [0.3, 0.4) is 0 Å². The van der Waals surface area contributed by atoms with E-state index in [2.05, 4.69) is 64.5 Å². The molecule has 5 heteroatoms. The molecule has 110 valence electrons. The minimum atomic E-state index is 0.132. The Labute approximate surface area is 133 Å². The van der Waals surface area contributed by atoms with E-state index in [1.807, 2.05) is 6.07 Å². The molecule has 1 aromatic heterocycles. The molecule has 0 aromatic carbocycles. The first-order valence-electron chi connectivity index (χ1n) is 6.74. The summed E-state index contributed by atoms with van der Waals surface area (Å²) in [5.74, 6) is 2.13. The van der Waals surface area contributed by atoms with Crippen LogP contribution < -0.4 is 5.73 Å². The summed E-state index contributed by atoms with van der Waals surface area (Å²) >= 11 is 6.86. The van der Waals surface area contributed by atoms with Crippen molar-refractivity contribution in [1.29, 1.82) is 0 Å². The summed E-state index contributed by atoms with van der Waals surface area (Å²) in [6, 6.07) is 2.14. The van der Waals surface area contributed by atoms with Crippen molar-refractivity contribution in [2.45, 2.75) is 33.7 Å². The highest BCUT2D eigenvalue weighted by Gasteiger charge is 2.24. The summed E-state index contributed by atoms with van der Waals surface area (Å²) in [6.45, 7) is 11.5. The molecule has 1 atom stereocenters. The van der Waals surface area contributed by atoms with Gasteiger partial charge in [0.25, 0.3) is 0 Å². The van der Waals surface area contributed by atoms with Gasteiger partial charge in [-0.25, -0.2) is 0 Å². The number of hydrogen-bond donors (Lipinski definition) is 1. The highest BCUT2D eigenvalue weighted by Crippen LogP contribution is 2.32. The van der Waals surface area contributed by atoms with Crippen molar-refractivity contribution in [3.05, 3.63) is 21.0 Å². The monoisotopic (exact) mass is 394 g/mol. The molecular weight excluding hydrogens is 372 g/mol. The lowest BCUT2D eigenvalue weighted by atomic mass is 10.1. The van der Waals surface area contributed by atoms with Crippen LogP contribution >= 0.6 is 31.9 Å². The van der Waals surface area contributed by atoms with Gasteiger partial charge in [0.15, 0.2) is 4.67 Å². The summed E-state index contributed by atoms with van der Waals surface area (Å²) in [5.41, 5.74) is 5.98. The minimum absolute atomic E-state index is 0.132. The first-order chi connectivity index (χ1) is 8.85. The molecule has 0 fully saturated rings. The lowest BCUT2D eigenvalue weighted by molar-refractivity contribution is 0.142. The topological polar surface area (TPSA) is 42.4 Å². The molecule has 0 aliphatic rings. The van der Waals surface area contributed by atoms with Gasteiger partial charge < -0.3 is 10.2 Å². The van der Waals surface area contributed by atoms with Gasteiger partial charge in [-0.15, -0.1) is 0 Å². The average Bonchev–Trinajstić information content (AvgIpc) is 2.58. The van der Waals surface area contributed by atoms with E-state index < -0.39 is 0 Å². The second kappa shape index (κ2) is 7.81. The Bertz CT molecular complexity index is 361. The summed E-state index contributed by atoms with van der Waals surface area (Å²) < 4.78 is 7.43. The van der Waals surface area contributed by atoms with Gasteiger partial charge in [-0.1, -0.05) is 27.7 Å². The van der Waals surface area contributed by atoms with Crippen LogP contribution in [0.15, 0.2) is 19.6 Å². The van der Waals surface area contributed by atoms with Gasteiger partial charge in [0.1, 0.15) is 5.76 Å². The third-order valence-corrected chi connectivity index (χ3v) is 4.57. The van der Waals surface area contributed by atoms with E-state index in [9.17, 15) is 0 Å². The molecule has 3 nitrogen and oxygen atoms in total. The predicted molar refractivity (Wildman–Crippen MR) is 87.2 cm³/mol. The van der Waals surface area contributed by atoms with Gasteiger partial charge >= 0.3 is 0 Å². The zero-order chi connectivity index (χ0) is 14.6. The lowest BCUT2D eigenvalue weighted by Crippen LogP contribution is -2.38. The molecule has 0 aliphatic carbocycles. The highest BCUT2D eigenvalue weighted by atomic mass is 79.9. The number of nitrogens with two attached hydrogens (primary N) is 1. The van der Waals surface area contributed by atoms with E-state index in [1.54, 1.807) is 0 Å². The van der Waals surface area contributed by atoms with Gasteiger partial charge in [0.05, 0.1) is 10.5 Å². The van der Waals surface area contributed by atoms with Crippen molar-refractivity contribution < 1.29 is 4.42 Å². The summed E-state index contributed by atoms with van der Waals surface area (Å²) in [7, 11) is 0. The normalized spacial score (nSPS) is 13.8. The van der Waals surface area contributed by atoms with Gasteiger partial charge in [-0.2, -0.15) is 0 Å². The third-order valence-electron chi connectivity index (χ3n) is 2.86. The van der Waals surface area contributed by atoms with Gasteiger partial charge in [0, 0.05) is 19.6 Å². The van der Waals surface area contributed by atoms with Crippen LogP contribution in [-0.2, 0) is 0 Å². The number of halogens is 2. The zero-order valence-corrected chi connectivity index (χ0v) is 15.3. The molecule has 1 aromatic rings. The molecule has 1 unspecified atom stereocenters. The fourth-order valence-electron chi connectivity index (χ4n) is 2.24. The van der Waals surface area contributed by atoms with Crippen LogP contribution in [0.5, 0.6) is 0 Å². The van der Waals surface area contributed by atoms with E-state index in [-0.39, 0.29) is 6.04 Å². The Kier molecular flexibility index (Phi) is 7.08. The highest BCUT2D eigenvalue weighted by molar-refractivity contribution is 9.13. The molecule has 1 heterocycles. The van der Waals surface area contributed by atoms with E-state index in [4.69, 9.17) is 10.2 Å². The molecule has 0 saturated carbocycles. The van der Waals surface area contributed by atoms with Crippen LogP contribution in [0.2, 0.25) is 0 Å². The van der Waals surface area contributed by atoms with Crippen LogP contribution in [-0.4, -0.2) is 24.5 Å². The van der Waals surface area contributed by atoms with Crippen LogP contribution in [0.1, 0.15) is 39.5 Å². The van der Waals surface area contributed by atoms with E-state index >= 15 is 0 Å². The molecule has 0 radical (unpaired) electrons. The predicted octanol–water partition coefficient (Wildman–Crippen LogP) is 4.42. The van der Waals surface area contributed by atoms with E-state index in [0.717, 1.165) is 28.0 Å². The van der Waals surface area contributed by atoms with Crippen molar-refractivity contribution in [3.63, 3.8) is 0 Å². The Hall–Kier alpha value is 0.160. The Morgan fingerprint density at radius 1 is 1.16 bits per heavy atom. The molecular formula is C14H24Br2N2O. The number of hydrogen-bond acceptors (Lipinski definition) is 3. The Morgan fingerprint density at radius 2 is 1.68 bits per heavy atom. The molecule has 2 N–H and O–H groups in total. The molecule has 0 bridgehead atoms. The van der Waals surface area contributed by atoms with E-state index in [1.165, 1.54) is 0 Å². The zero-order valence-electron chi connectivity index (χ0n) is 12.1. The maximum atomic E-state index is 5.98.